The lowest BCUT2D eigenvalue weighted by Gasteiger charge is -2.36. The molecule has 0 aliphatic heterocycles. The molecule has 7 heteroatoms. The molecule has 0 fully saturated rings. The molecule has 0 aliphatic carbocycles. The quantitative estimate of drug-likeness (QED) is 0.452. The van der Waals surface area contributed by atoms with Crippen molar-refractivity contribution in [1.82, 2.24) is 0 Å². The number of esters is 1. The van der Waals surface area contributed by atoms with Gasteiger partial charge in [-0.15, -0.1) is 0 Å². The number of carbonyl (C=O) groups is 3. The van der Waals surface area contributed by atoms with Crippen LogP contribution in [0.3, 0.4) is 0 Å². The average molecular weight is 275 g/mol. The van der Waals surface area contributed by atoms with Gasteiger partial charge >= 0.3 is 11.9 Å². The summed E-state index contributed by atoms with van der Waals surface area (Å²) in [5.74, 6) is -2.39. The molecule has 0 heterocycles. The van der Waals surface area contributed by atoms with Crippen molar-refractivity contribution in [2.24, 2.45) is 5.73 Å². The maximum Gasteiger partial charge on any atom is 0.320 e. The zero-order valence-corrected chi connectivity index (χ0v) is 11.9. The molecule has 0 aromatic heterocycles. The van der Waals surface area contributed by atoms with Crippen molar-refractivity contribution in [2.45, 2.75) is 25.4 Å². The van der Waals surface area contributed by atoms with Gasteiger partial charge in [0.1, 0.15) is 6.54 Å². The van der Waals surface area contributed by atoms with Gasteiger partial charge in [-0.2, -0.15) is 0 Å². The molecule has 0 unspecified atom stereocenters. The van der Waals surface area contributed by atoms with E-state index < -0.39 is 36.3 Å². The van der Waals surface area contributed by atoms with Gasteiger partial charge in [0, 0.05) is 6.42 Å². The molecule has 1 atom stereocenters. The summed E-state index contributed by atoms with van der Waals surface area (Å²) in [4.78, 5) is 34.5. The highest BCUT2D eigenvalue weighted by molar-refractivity contribution is 5.93. The SMILES string of the molecule is CCC(=O)[C@@](CC(=O)O)(C[N+](C)(C)C)OC(=O)CN. The standard InChI is InChI=1S/C12H22N2O5/c1-5-9(15)12(6-10(16)17,8-14(2,3)4)19-11(18)7-13/h5-8,13H2,1-4H3/p+1/t12-/m1/s1. The van der Waals surface area contributed by atoms with Crippen LogP contribution < -0.4 is 5.73 Å². The average Bonchev–Trinajstić information content (AvgIpc) is 2.24. The largest absolute Gasteiger partial charge is 0.481 e. The predicted molar refractivity (Wildman–Crippen MR) is 68.3 cm³/mol. The third-order valence-corrected chi connectivity index (χ3v) is 2.47. The number of nitrogens with two attached hydrogens (primary N) is 1. The minimum Gasteiger partial charge on any atom is -0.481 e. The lowest BCUT2D eigenvalue weighted by molar-refractivity contribution is -0.875. The van der Waals surface area contributed by atoms with E-state index in [1.54, 1.807) is 28.1 Å². The van der Waals surface area contributed by atoms with E-state index in [1.807, 2.05) is 0 Å². The summed E-state index contributed by atoms with van der Waals surface area (Å²) in [5.41, 5.74) is 3.52. The highest BCUT2D eigenvalue weighted by atomic mass is 16.6. The predicted octanol–water partition coefficient (Wildman–Crippen LogP) is -0.613. The van der Waals surface area contributed by atoms with Crippen molar-refractivity contribution in [2.75, 3.05) is 34.2 Å². The lowest BCUT2D eigenvalue weighted by atomic mass is 9.91. The fourth-order valence-corrected chi connectivity index (χ4v) is 1.96. The fourth-order valence-electron chi connectivity index (χ4n) is 1.96. The first-order chi connectivity index (χ1) is 8.56. The molecule has 0 spiro atoms. The highest BCUT2D eigenvalue weighted by Crippen LogP contribution is 2.23. The van der Waals surface area contributed by atoms with Crippen molar-refractivity contribution in [1.29, 1.82) is 0 Å². The van der Waals surface area contributed by atoms with Crippen LogP contribution in [0, 0.1) is 0 Å². The molecule has 0 rings (SSSR count). The Bertz CT molecular complexity index is 362. The first-order valence-electron chi connectivity index (χ1n) is 6.04. The third-order valence-electron chi connectivity index (χ3n) is 2.47. The number of hydrogen-bond donors (Lipinski definition) is 2. The summed E-state index contributed by atoms with van der Waals surface area (Å²) >= 11 is 0. The van der Waals surface area contributed by atoms with Gasteiger partial charge in [0.15, 0.2) is 5.78 Å². The van der Waals surface area contributed by atoms with Crippen LogP contribution in [0.1, 0.15) is 19.8 Å². The second kappa shape index (κ2) is 6.63. The third kappa shape index (κ3) is 5.80. The molecular weight excluding hydrogens is 252 g/mol. The van der Waals surface area contributed by atoms with Crippen LogP contribution in [-0.2, 0) is 19.1 Å². The van der Waals surface area contributed by atoms with E-state index in [9.17, 15) is 14.4 Å². The van der Waals surface area contributed by atoms with E-state index in [0.29, 0.717) is 0 Å². The van der Waals surface area contributed by atoms with Gasteiger partial charge in [-0.3, -0.25) is 14.4 Å². The zero-order valence-electron chi connectivity index (χ0n) is 11.9. The Balaban J connectivity index is 5.49. The second-order valence-corrected chi connectivity index (χ2v) is 5.47. The van der Waals surface area contributed by atoms with E-state index in [-0.39, 0.29) is 17.4 Å². The minimum atomic E-state index is -1.66. The molecule has 0 radical (unpaired) electrons. The van der Waals surface area contributed by atoms with Crippen LogP contribution in [0.2, 0.25) is 0 Å². The van der Waals surface area contributed by atoms with Crippen LogP contribution in [0.5, 0.6) is 0 Å². The molecule has 110 valence electrons. The van der Waals surface area contributed by atoms with Crippen molar-refractivity contribution >= 4 is 17.7 Å². The first-order valence-corrected chi connectivity index (χ1v) is 6.04. The number of rotatable bonds is 8. The molecule has 0 bridgehead atoms. The fraction of sp³-hybridized carbons (Fsp3) is 0.750. The number of ketones is 1. The Hall–Kier alpha value is -1.47. The summed E-state index contributed by atoms with van der Waals surface area (Å²) in [7, 11) is 5.36. The number of nitrogens with zero attached hydrogens (tertiary/aromatic N) is 1. The maximum absolute atomic E-state index is 12.1. The summed E-state index contributed by atoms with van der Waals surface area (Å²) in [5, 5.41) is 8.99. The van der Waals surface area contributed by atoms with Gasteiger partial charge in [0.05, 0.1) is 34.1 Å². The maximum atomic E-state index is 12.1. The minimum absolute atomic E-state index is 0.0811. The van der Waals surface area contributed by atoms with E-state index >= 15 is 0 Å². The number of carboxylic acids is 1. The van der Waals surface area contributed by atoms with E-state index in [4.69, 9.17) is 15.6 Å². The van der Waals surface area contributed by atoms with Crippen LogP contribution in [0.15, 0.2) is 0 Å². The summed E-state index contributed by atoms with van der Waals surface area (Å²) < 4.78 is 5.41. The summed E-state index contributed by atoms with van der Waals surface area (Å²) in [6, 6.07) is 0. The Morgan fingerprint density at radius 3 is 2.11 bits per heavy atom. The summed E-state index contributed by atoms with van der Waals surface area (Å²) in [6.45, 7) is 1.29. The Morgan fingerprint density at radius 1 is 1.26 bits per heavy atom. The Morgan fingerprint density at radius 2 is 1.79 bits per heavy atom. The molecule has 0 amide bonds. The number of carboxylic acid groups (broad SMARTS) is 1. The van der Waals surface area contributed by atoms with Crippen LogP contribution in [0.25, 0.3) is 0 Å². The molecule has 7 nitrogen and oxygen atoms in total. The number of hydrogen-bond acceptors (Lipinski definition) is 5. The van der Waals surface area contributed by atoms with Gasteiger partial charge in [-0.05, 0) is 0 Å². The molecule has 19 heavy (non-hydrogen) atoms. The van der Waals surface area contributed by atoms with Gasteiger partial charge in [0.2, 0.25) is 5.60 Å². The van der Waals surface area contributed by atoms with E-state index in [0.717, 1.165) is 0 Å². The van der Waals surface area contributed by atoms with Crippen molar-refractivity contribution in [3.63, 3.8) is 0 Å². The van der Waals surface area contributed by atoms with E-state index in [1.165, 1.54) is 0 Å². The molecule has 3 N–H and O–H groups in total. The van der Waals surface area contributed by atoms with Crippen molar-refractivity contribution in [3.8, 4) is 0 Å². The van der Waals surface area contributed by atoms with Gasteiger partial charge in [-0.1, -0.05) is 6.92 Å². The lowest BCUT2D eigenvalue weighted by Crippen LogP contribution is -2.57. The monoisotopic (exact) mass is 275 g/mol. The first kappa shape index (κ1) is 17.5. The molecular formula is C12H23N2O5+. The molecule has 0 saturated heterocycles. The van der Waals surface area contributed by atoms with Gasteiger partial charge < -0.3 is 20.1 Å². The Kier molecular flexibility index (Phi) is 6.11. The molecule has 0 aliphatic rings. The number of quaternary nitrogens is 1. The van der Waals surface area contributed by atoms with Crippen LogP contribution in [-0.4, -0.2) is 67.1 Å². The van der Waals surface area contributed by atoms with Gasteiger partial charge in [-0.25, -0.2) is 0 Å². The van der Waals surface area contributed by atoms with Crippen LogP contribution in [0.4, 0.5) is 0 Å². The molecule has 0 saturated carbocycles. The van der Waals surface area contributed by atoms with Crippen molar-refractivity contribution in [3.05, 3.63) is 0 Å². The smallest absolute Gasteiger partial charge is 0.320 e. The number of Topliss-reactive ketones (excluding diaryl/α,β-unsaturated/α-hetero) is 1. The summed E-state index contributed by atoms with van der Waals surface area (Å²) in [6.07, 6.45) is -0.466. The second-order valence-electron chi connectivity index (χ2n) is 5.47. The zero-order chi connectivity index (χ0) is 15.3. The van der Waals surface area contributed by atoms with Gasteiger partial charge in [0.25, 0.3) is 0 Å². The highest BCUT2D eigenvalue weighted by Gasteiger charge is 2.47. The molecule has 0 aromatic carbocycles. The number of likely N-dealkylation sites (N-methyl/N-ethyl adjacent to an activating group) is 1. The Labute approximate surface area is 112 Å². The molecule has 0 aromatic rings. The number of ether oxygens (including phenoxy) is 1. The number of aliphatic carboxylic acids is 1. The normalized spacial score (nSPS) is 14.6. The van der Waals surface area contributed by atoms with Crippen molar-refractivity contribution < 1.29 is 28.7 Å². The van der Waals surface area contributed by atoms with Crippen LogP contribution >= 0.6 is 0 Å². The topological polar surface area (TPSA) is 107 Å². The number of carbonyl (C=O) groups excluding carboxylic acids is 2. The van der Waals surface area contributed by atoms with E-state index in [2.05, 4.69) is 0 Å².